The minimum atomic E-state index is 0.00792. The van der Waals surface area contributed by atoms with Crippen molar-refractivity contribution in [2.75, 3.05) is 13.1 Å². The van der Waals surface area contributed by atoms with Gasteiger partial charge in [-0.1, -0.05) is 41.4 Å². The fraction of sp³-hybridized carbons (Fsp3) is 0.316. The maximum atomic E-state index is 12.6. The molecule has 3 nitrogen and oxygen atoms in total. The van der Waals surface area contributed by atoms with Gasteiger partial charge in [0.25, 0.3) is 5.91 Å². The minimum Gasteiger partial charge on any atom is -0.372 e. The molecule has 0 aromatic heterocycles. The van der Waals surface area contributed by atoms with Crippen molar-refractivity contribution in [2.45, 2.75) is 25.6 Å². The number of hydrogen-bond acceptors (Lipinski definition) is 2. The Morgan fingerprint density at radius 2 is 1.88 bits per heavy atom. The molecule has 1 unspecified atom stereocenters. The summed E-state index contributed by atoms with van der Waals surface area (Å²) >= 11 is 12.0. The van der Waals surface area contributed by atoms with Gasteiger partial charge >= 0.3 is 0 Å². The number of rotatable bonds is 4. The second-order valence-corrected chi connectivity index (χ2v) is 6.84. The summed E-state index contributed by atoms with van der Waals surface area (Å²) < 4.78 is 5.99. The number of carbonyl (C=O) groups is 1. The number of carbonyl (C=O) groups excluding carboxylic acids is 1. The Kier molecular flexibility index (Phi) is 5.77. The molecule has 5 heteroatoms. The van der Waals surface area contributed by atoms with Crippen LogP contribution in [0, 0.1) is 0 Å². The zero-order valence-electron chi connectivity index (χ0n) is 13.3. The molecule has 0 spiro atoms. The lowest BCUT2D eigenvalue weighted by atomic mass is 10.1. The highest BCUT2D eigenvalue weighted by Gasteiger charge is 2.25. The molecule has 1 atom stereocenters. The van der Waals surface area contributed by atoms with Crippen LogP contribution in [-0.2, 0) is 11.3 Å². The second kappa shape index (κ2) is 8.02. The molecule has 0 bridgehead atoms. The highest BCUT2D eigenvalue weighted by Crippen LogP contribution is 2.20. The van der Waals surface area contributed by atoms with E-state index in [1.807, 2.05) is 29.2 Å². The van der Waals surface area contributed by atoms with E-state index in [1.165, 1.54) is 0 Å². The van der Waals surface area contributed by atoms with Crippen molar-refractivity contribution in [2.24, 2.45) is 0 Å². The van der Waals surface area contributed by atoms with E-state index < -0.39 is 0 Å². The third-order valence-electron chi connectivity index (χ3n) is 4.11. The fourth-order valence-corrected chi connectivity index (χ4v) is 3.31. The number of halogens is 2. The molecule has 0 saturated carbocycles. The normalized spacial score (nSPS) is 17.8. The van der Waals surface area contributed by atoms with Crippen molar-refractivity contribution < 1.29 is 9.53 Å². The predicted molar refractivity (Wildman–Crippen MR) is 96.6 cm³/mol. The standard InChI is InChI=1S/C19H19Cl2NO2/c20-16-6-1-4-14(10-16)13-24-18-8-3-9-22(12-18)19(23)15-5-2-7-17(21)11-15/h1-2,4-7,10-11,18H,3,8-9,12-13H2. The molecule has 1 aliphatic heterocycles. The molecular formula is C19H19Cl2NO2. The van der Waals surface area contributed by atoms with Gasteiger partial charge < -0.3 is 9.64 Å². The van der Waals surface area contributed by atoms with Crippen molar-refractivity contribution in [1.82, 2.24) is 4.90 Å². The topological polar surface area (TPSA) is 29.5 Å². The molecule has 0 aliphatic carbocycles. The van der Waals surface area contributed by atoms with Crippen LogP contribution < -0.4 is 0 Å². The van der Waals surface area contributed by atoms with Gasteiger partial charge in [0.1, 0.15) is 0 Å². The Hall–Kier alpha value is -1.55. The number of ether oxygens (including phenoxy) is 1. The smallest absolute Gasteiger partial charge is 0.253 e. The first kappa shape index (κ1) is 17.3. The largest absolute Gasteiger partial charge is 0.372 e. The molecule has 1 fully saturated rings. The second-order valence-electron chi connectivity index (χ2n) is 5.97. The molecule has 2 aromatic rings. The molecule has 1 aliphatic rings. The predicted octanol–water partition coefficient (Wildman–Crippen LogP) is 4.81. The monoisotopic (exact) mass is 363 g/mol. The van der Waals surface area contributed by atoms with E-state index in [0.29, 0.717) is 28.8 Å². The van der Waals surface area contributed by atoms with E-state index in [9.17, 15) is 4.79 Å². The van der Waals surface area contributed by atoms with Gasteiger partial charge in [-0.3, -0.25) is 4.79 Å². The molecule has 1 saturated heterocycles. The Morgan fingerprint density at radius 1 is 1.12 bits per heavy atom. The van der Waals surface area contributed by atoms with Crippen molar-refractivity contribution in [3.8, 4) is 0 Å². The number of benzene rings is 2. The van der Waals surface area contributed by atoms with E-state index >= 15 is 0 Å². The number of amides is 1. The van der Waals surface area contributed by atoms with Gasteiger partial charge in [0.05, 0.1) is 12.7 Å². The van der Waals surface area contributed by atoms with E-state index in [0.717, 1.165) is 24.9 Å². The Morgan fingerprint density at radius 3 is 2.62 bits per heavy atom. The molecule has 1 amide bonds. The van der Waals surface area contributed by atoms with Crippen LogP contribution in [0.15, 0.2) is 48.5 Å². The lowest BCUT2D eigenvalue weighted by molar-refractivity contribution is -0.00672. The van der Waals surface area contributed by atoms with Gasteiger partial charge in [0, 0.05) is 28.7 Å². The summed E-state index contributed by atoms with van der Waals surface area (Å²) in [5.74, 6) is 0.00792. The van der Waals surface area contributed by atoms with E-state index in [1.54, 1.807) is 24.3 Å². The maximum absolute atomic E-state index is 12.6. The lowest BCUT2D eigenvalue weighted by Crippen LogP contribution is -2.43. The first-order valence-electron chi connectivity index (χ1n) is 8.03. The number of piperidine rings is 1. The van der Waals surface area contributed by atoms with Crippen LogP contribution in [0.2, 0.25) is 10.0 Å². The highest BCUT2D eigenvalue weighted by molar-refractivity contribution is 6.31. The van der Waals surface area contributed by atoms with Gasteiger partial charge in [-0.05, 0) is 48.7 Å². The molecular weight excluding hydrogens is 345 g/mol. The van der Waals surface area contributed by atoms with E-state index in [-0.39, 0.29) is 12.0 Å². The molecule has 0 radical (unpaired) electrons. The van der Waals surface area contributed by atoms with Gasteiger partial charge in [-0.15, -0.1) is 0 Å². The van der Waals surface area contributed by atoms with Crippen LogP contribution >= 0.6 is 23.2 Å². The van der Waals surface area contributed by atoms with Crippen molar-refractivity contribution in [1.29, 1.82) is 0 Å². The average Bonchev–Trinajstić information content (AvgIpc) is 2.60. The Bertz CT molecular complexity index is 720. The lowest BCUT2D eigenvalue weighted by Gasteiger charge is -2.32. The van der Waals surface area contributed by atoms with Crippen LogP contribution in [0.25, 0.3) is 0 Å². The molecule has 0 N–H and O–H groups in total. The maximum Gasteiger partial charge on any atom is 0.253 e. The quantitative estimate of drug-likeness (QED) is 0.779. The highest BCUT2D eigenvalue weighted by atomic mass is 35.5. The summed E-state index contributed by atoms with van der Waals surface area (Å²) in [7, 11) is 0. The fourth-order valence-electron chi connectivity index (χ4n) is 2.90. The van der Waals surface area contributed by atoms with E-state index in [2.05, 4.69) is 0 Å². The molecule has 24 heavy (non-hydrogen) atoms. The third kappa shape index (κ3) is 4.50. The molecule has 3 rings (SSSR count). The van der Waals surface area contributed by atoms with E-state index in [4.69, 9.17) is 27.9 Å². The first-order chi connectivity index (χ1) is 11.6. The number of hydrogen-bond donors (Lipinski definition) is 0. The van der Waals surface area contributed by atoms with Crippen molar-refractivity contribution in [3.05, 3.63) is 69.7 Å². The first-order valence-corrected chi connectivity index (χ1v) is 8.78. The van der Waals surface area contributed by atoms with Crippen molar-refractivity contribution >= 4 is 29.1 Å². The van der Waals surface area contributed by atoms with Gasteiger partial charge in [-0.2, -0.15) is 0 Å². The van der Waals surface area contributed by atoms with Gasteiger partial charge in [0.2, 0.25) is 0 Å². The summed E-state index contributed by atoms with van der Waals surface area (Å²) in [6.45, 7) is 1.86. The van der Waals surface area contributed by atoms with Crippen molar-refractivity contribution in [3.63, 3.8) is 0 Å². The summed E-state index contributed by atoms with van der Waals surface area (Å²) in [6.07, 6.45) is 1.94. The summed E-state index contributed by atoms with van der Waals surface area (Å²) in [4.78, 5) is 14.5. The van der Waals surface area contributed by atoms with Crippen LogP contribution in [0.5, 0.6) is 0 Å². The zero-order valence-corrected chi connectivity index (χ0v) is 14.8. The molecule has 1 heterocycles. The van der Waals surface area contributed by atoms with Crippen LogP contribution in [0.3, 0.4) is 0 Å². The van der Waals surface area contributed by atoms with Gasteiger partial charge in [0.15, 0.2) is 0 Å². The average molecular weight is 364 g/mol. The number of nitrogens with zero attached hydrogens (tertiary/aromatic N) is 1. The van der Waals surface area contributed by atoms with Crippen LogP contribution in [0.1, 0.15) is 28.8 Å². The van der Waals surface area contributed by atoms with Crippen LogP contribution in [0.4, 0.5) is 0 Å². The minimum absolute atomic E-state index is 0.00792. The molecule has 126 valence electrons. The Balaban J connectivity index is 1.59. The molecule has 2 aromatic carbocycles. The summed E-state index contributed by atoms with van der Waals surface area (Å²) in [6, 6.07) is 14.7. The third-order valence-corrected chi connectivity index (χ3v) is 4.58. The van der Waals surface area contributed by atoms with Crippen LogP contribution in [-0.4, -0.2) is 30.0 Å². The SMILES string of the molecule is O=C(c1cccc(Cl)c1)N1CCCC(OCc2cccc(Cl)c2)C1. The Labute approximate surface area is 152 Å². The summed E-state index contributed by atoms with van der Waals surface area (Å²) in [5.41, 5.74) is 1.67. The van der Waals surface area contributed by atoms with Gasteiger partial charge in [-0.25, -0.2) is 0 Å². The number of likely N-dealkylation sites (tertiary alicyclic amines) is 1. The zero-order chi connectivity index (χ0) is 16.9. The summed E-state index contributed by atoms with van der Waals surface area (Å²) in [5, 5.41) is 1.28.